The summed E-state index contributed by atoms with van der Waals surface area (Å²) in [7, 11) is 2.95. The van der Waals surface area contributed by atoms with E-state index in [2.05, 4.69) is 32.7 Å². The first-order valence-corrected chi connectivity index (χ1v) is 3.77. The zero-order valence-corrected chi connectivity index (χ0v) is 10.3. The zero-order valence-electron chi connectivity index (χ0n) is 11.3. The van der Waals surface area contributed by atoms with Crippen molar-refractivity contribution in [1.82, 2.24) is 5.32 Å². The number of hydrazone groups is 2. The van der Waals surface area contributed by atoms with E-state index < -0.39 is 16.0 Å². The van der Waals surface area contributed by atoms with Crippen LogP contribution in [0.15, 0.2) is 10.2 Å². The lowest BCUT2D eigenvalue weighted by Gasteiger charge is -1.87. The van der Waals surface area contributed by atoms with Gasteiger partial charge in [0.1, 0.15) is 5.10 Å². The van der Waals surface area contributed by atoms with Crippen molar-refractivity contribution in [3.8, 4) is 0 Å². The Kier molecular flexibility index (Phi) is 62.0. The second-order valence-electron chi connectivity index (χ2n) is 1.74. The molecule has 21 heavy (non-hydrogen) atoms. The lowest BCUT2D eigenvalue weighted by molar-refractivity contribution is -0.485. The summed E-state index contributed by atoms with van der Waals surface area (Å²) < 4.78 is 0. The first-order valence-electron chi connectivity index (χ1n) is 3.77. The Morgan fingerprint density at radius 3 is 1.38 bits per heavy atom. The highest BCUT2D eigenvalue weighted by atomic mass is 16.7. The molecular formula is C6H28N10O5. The number of rotatable bonds is 2. The van der Waals surface area contributed by atoms with Gasteiger partial charge in [-0.1, -0.05) is 14.9 Å². The van der Waals surface area contributed by atoms with Crippen LogP contribution in [-0.4, -0.2) is 41.6 Å². The van der Waals surface area contributed by atoms with E-state index in [1.54, 1.807) is 0 Å². The molecule has 0 amide bonds. The Bertz CT molecular complexity index is 296. The van der Waals surface area contributed by atoms with E-state index in [0.29, 0.717) is 0 Å². The van der Waals surface area contributed by atoms with Gasteiger partial charge in [-0.15, -0.1) is 0 Å². The summed E-state index contributed by atoms with van der Waals surface area (Å²) in [5, 5.41) is 24.4. The van der Waals surface area contributed by atoms with E-state index in [0.717, 1.165) is 0 Å². The van der Waals surface area contributed by atoms with E-state index in [4.69, 9.17) is 5.73 Å². The van der Waals surface area contributed by atoms with Crippen LogP contribution in [0, 0.1) is 20.2 Å². The van der Waals surface area contributed by atoms with Gasteiger partial charge in [0.05, 0.1) is 5.10 Å². The molecule has 0 rings (SSSR count). The standard InChI is InChI=1S/C2H6N4O2.CH4N4O2.CH5N.2CH4.H2N.H2O/c1-4-2(3)5-6(7)8;2-1(3)4-5(6)7;1-2;;;;/h1H3,(H3,3,4,5);(H4,2,3,4);2H2,1H3;2*1H4;2*1H2/q;;;;;-1;/p+1. The van der Waals surface area contributed by atoms with Crippen LogP contribution < -0.4 is 28.3 Å². The van der Waals surface area contributed by atoms with Crippen LogP contribution in [0.1, 0.15) is 16.3 Å². The minimum absolute atomic E-state index is 0. The van der Waals surface area contributed by atoms with Gasteiger partial charge in [0.2, 0.25) is 0 Å². The van der Waals surface area contributed by atoms with Gasteiger partial charge in [-0.2, -0.15) is 0 Å². The van der Waals surface area contributed by atoms with Crippen LogP contribution in [0.25, 0.3) is 6.15 Å². The number of nitrogens with two attached hydrogens (primary N) is 5. The largest absolute Gasteiger partial charge is 1.00 e. The molecule has 132 valence electrons. The molecule has 0 bridgehead atoms. The van der Waals surface area contributed by atoms with Crippen LogP contribution in [0.2, 0.25) is 0 Å². The lowest BCUT2D eigenvalue weighted by atomic mass is 11.0. The summed E-state index contributed by atoms with van der Waals surface area (Å²) in [4.78, 5) is 18.7. The van der Waals surface area contributed by atoms with Crippen molar-refractivity contribution in [3.05, 3.63) is 26.4 Å². The van der Waals surface area contributed by atoms with Gasteiger partial charge >= 0.3 is 1.43 Å². The molecule has 0 aromatic heterocycles. The third-order valence-corrected chi connectivity index (χ3v) is 0.643. The number of nitrogens with one attached hydrogen (secondary N) is 1. The highest BCUT2D eigenvalue weighted by molar-refractivity contribution is 5.76. The maximum absolute atomic E-state index is 9.47. The van der Waals surface area contributed by atoms with Gasteiger partial charge in [-0.25, -0.2) is 20.2 Å². The van der Waals surface area contributed by atoms with Crippen molar-refractivity contribution < 1.29 is 17.0 Å². The molecule has 0 aromatic rings. The molecule has 0 radical (unpaired) electrons. The third kappa shape index (κ3) is 76.5. The molecule has 0 aliphatic carbocycles. The van der Waals surface area contributed by atoms with Crippen LogP contribution in [-0.2, 0) is 0 Å². The molecule has 0 atom stereocenters. The maximum atomic E-state index is 9.47. The van der Waals surface area contributed by atoms with Gasteiger partial charge in [0, 0.05) is 7.05 Å². The van der Waals surface area contributed by atoms with Gasteiger partial charge in [0.25, 0.3) is 11.9 Å². The Labute approximate surface area is 124 Å². The van der Waals surface area contributed by atoms with Crippen molar-refractivity contribution in [1.29, 1.82) is 0 Å². The average Bonchev–Trinajstić information content (AvgIpc) is 2.18. The van der Waals surface area contributed by atoms with Crippen LogP contribution in [0.3, 0.4) is 0 Å². The van der Waals surface area contributed by atoms with Crippen LogP contribution >= 0.6 is 0 Å². The second kappa shape index (κ2) is 30.3. The molecular weight excluding hydrogens is 292 g/mol. The Balaban J connectivity index is -0.0000000222. The fourth-order valence-corrected chi connectivity index (χ4v) is 0.232. The van der Waals surface area contributed by atoms with Gasteiger partial charge in [-0.3, -0.25) is 0 Å². The van der Waals surface area contributed by atoms with Crippen LogP contribution in [0.4, 0.5) is 0 Å². The number of guanidine groups is 2. The van der Waals surface area contributed by atoms with Crippen LogP contribution in [0.5, 0.6) is 0 Å². The smallest absolute Gasteiger partial charge is 0.693 e. The molecule has 0 saturated carbocycles. The summed E-state index contributed by atoms with van der Waals surface area (Å²) in [5.74, 6) is -0.736. The summed E-state index contributed by atoms with van der Waals surface area (Å²) in [6, 6.07) is 0. The monoisotopic (exact) mass is 320 g/mol. The first-order chi connectivity index (χ1) is 7.79. The molecule has 0 heterocycles. The predicted octanol–water partition coefficient (Wildman–Crippen LogP) is -1.98. The highest BCUT2D eigenvalue weighted by Crippen LogP contribution is 1.65. The van der Waals surface area contributed by atoms with E-state index in [1.807, 2.05) is 0 Å². The third-order valence-electron chi connectivity index (χ3n) is 0.643. The molecule has 15 heteroatoms. The number of nitro groups is 2. The normalized spacial score (nSPS) is 6.90. The van der Waals surface area contributed by atoms with Crippen molar-refractivity contribution >= 4 is 11.9 Å². The van der Waals surface area contributed by atoms with Gasteiger partial charge in [-0.05, 0) is 7.05 Å². The summed E-state index contributed by atoms with van der Waals surface area (Å²) in [5.41, 5.74) is 18.5. The van der Waals surface area contributed by atoms with E-state index in [9.17, 15) is 20.2 Å². The molecule has 0 aliphatic rings. The van der Waals surface area contributed by atoms with Crippen molar-refractivity contribution in [2.45, 2.75) is 14.9 Å². The molecule has 0 fully saturated rings. The van der Waals surface area contributed by atoms with Gasteiger partial charge in [0.15, 0.2) is 10.1 Å². The minimum Gasteiger partial charge on any atom is -0.693 e. The topological polar surface area (TPSA) is 292 Å². The van der Waals surface area contributed by atoms with Gasteiger partial charge < -0.3 is 39.9 Å². The molecule has 0 aliphatic heterocycles. The number of nitrogens with zero attached hydrogens (tertiary/aromatic N) is 4. The van der Waals surface area contributed by atoms with Crippen molar-refractivity contribution in [3.63, 3.8) is 0 Å². The summed E-state index contributed by atoms with van der Waals surface area (Å²) >= 11 is 0. The minimum atomic E-state index is -0.963. The van der Waals surface area contributed by atoms with E-state index >= 15 is 0 Å². The van der Waals surface area contributed by atoms with E-state index in [-0.39, 0.29) is 33.9 Å². The SMILES string of the molecule is C.C.CN.CN/C(N)=N/[N+](=O)[O-].NC(N)=N[N+](=O)[O-].O.[H+].[NH2-]. The fraction of sp³-hybridized carbons (Fsp3) is 0.667. The van der Waals surface area contributed by atoms with Crippen molar-refractivity contribution in [2.75, 3.05) is 14.1 Å². The summed E-state index contributed by atoms with van der Waals surface area (Å²) in [6.07, 6.45) is 0. The molecule has 15 nitrogen and oxygen atoms in total. The lowest BCUT2D eigenvalue weighted by Crippen LogP contribution is -2.28. The summed E-state index contributed by atoms with van der Waals surface area (Å²) in [6.45, 7) is 0. The predicted molar refractivity (Wildman–Crippen MR) is 84.1 cm³/mol. The Morgan fingerprint density at radius 2 is 1.33 bits per heavy atom. The molecule has 0 unspecified atom stereocenters. The molecule has 0 saturated heterocycles. The average molecular weight is 320 g/mol. The molecule has 0 aromatic carbocycles. The number of hydrogen-bond donors (Lipinski definition) is 5. The Hall–Kier alpha value is -2.78. The fourth-order valence-electron chi connectivity index (χ4n) is 0.232. The number of hydrogen-bond acceptors (Lipinski definition) is 5. The Morgan fingerprint density at radius 1 is 1.05 bits per heavy atom. The second-order valence-corrected chi connectivity index (χ2v) is 1.74. The first kappa shape index (κ1) is 42.9. The zero-order chi connectivity index (χ0) is 14.4. The molecule has 0 spiro atoms. The highest BCUT2D eigenvalue weighted by Gasteiger charge is 1.91. The molecule has 13 N–H and O–H groups in total. The van der Waals surface area contributed by atoms with E-state index in [1.165, 1.54) is 14.1 Å². The quantitative estimate of drug-likeness (QED) is 0.162. The van der Waals surface area contributed by atoms with Crippen molar-refractivity contribution in [2.24, 2.45) is 33.1 Å². The maximum Gasteiger partial charge on any atom is 1.00 e.